The molecule has 0 radical (unpaired) electrons. The normalized spacial score (nSPS) is 26.4. The molecule has 7 heteroatoms. The molecule has 1 heterocycles. The van der Waals surface area contributed by atoms with Crippen LogP contribution in [0.25, 0.3) is 0 Å². The van der Waals surface area contributed by atoms with Crippen LogP contribution in [0.1, 0.15) is 48.5 Å². The lowest BCUT2D eigenvalue weighted by atomic mass is 9.84. The van der Waals surface area contributed by atoms with E-state index in [-0.39, 0.29) is 16.8 Å². The van der Waals surface area contributed by atoms with Crippen LogP contribution in [0.5, 0.6) is 0 Å². The van der Waals surface area contributed by atoms with Crippen molar-refractivity contribution in [3.63, 3.8) is 0 Å². The number of nitrogens with one attached hydrogen (secondary N) is 1. The number of benzene rings is 2. The molecule has 2 aromatic carbocycles. The van der Waals surface area contributed by atoms with Crippen molar-refractivity contribution in [3.8, 4) is 0 Å². The fourth-order valence-corrected chi connectivity index (χ4v) is 7.69. The maximum absolute atomic E-state index is 13.3. The zero-order chi connectivity index (χ0) is 23.7. The van der Waals surface area contributed by atoms with Gasteiger partial charge in [-0.3, -0.25) is 9.69 Å². The van der Waals surface area contributed by atoms with Crippen LogP contribution in [-0.2, 0) is 16.6 Å². The quantitative estimate of drug-likeness (QED) is 0.654. The highest BCUT2D eigenvalue weighted by Crippen LogP contribution is 2.49. The second-order valence-corrected chi connectivity index (χ2v) is 12.2. The van der Waals surface area contributed by atoms with Crippen LogP contribution in [-0.4, -0.2) is 55.8 Å². The van der Waals surface area contributed by atoms with E-state index in [1.165, 1.54) is 37.3 Å². The minimum absolute atomic E-state index is 0.112. The van der Waals surface area contributed by atoms with E-state index in [9.17, 15) is 13.2 Å². The molecule has 4 unspecified atom stereocenters. The summed E-state index contributed by atoms with van der Waals surface area (Å²) in [6.07, 6.45) is 5.12. The molecule has 0 aromatic heterocycles. The Morgan fingerprint density at radius 3 is 2.44 bits per heavy atom. The summed E-state index contributed by atoms with van der Waals surface area (Å²) in [7, 11) is -3.64. The van der Waals surface area contributed by atoms with Gasteiger partial charge in [-0.25, -0.2) is 8.42 Å². The molecular formula is C27H35N3O3S. The Hall–Kier alpha value is -2.22. The first-order valence-electron chi connectivity index (χ1n) is 12.6. The standard InChI is InChI=1S/C27H35N3O3S/c1-20(26-17-22-10-11-23(26)16-22)28-27(31)24-8-5-9-25(18-24)34(32,33)30-14-12-29(13-15-30)19-21-6-3-2-4-7-21/h2-9,18,20,22-23,26H,10-17,19H2,1H3,(H,28,31). The van der Waals surface area contributed by atoms with Crippen molar-refractivity contribution in [2.75, 3.05) is 26.2 Å². The van der Waals surface area contributed by atoms with Gasteiger partial charge in [-0.1, -0.05) is 42.8 Å². The van der Waals surface area contributed by atoms with E-state index in [0.29, 0.717) is 37.7 Å². The SMILES string of the molecule is CC(NC(=O)c1cccc(S(=O)(=O)N2CCN(Cc3ccccc3)CC2)c1)C1CC2CCC1C2. The molecule has 34 heavy (non-hydrogen) atoms. The number of piperazine rings is 1. The van der Waals surface area contributed by atoms with Crippen molar-refractivity contribution in [2.45, 2.75) is 50.1 Å². The van der Waals surface area contributed by atoms with E-state index in [0.717, 1.165) is 18.4 Å². The third kappa shape index (κ3) is 4.92. The van der Waals surface area contributed by atoms with E-state index in [4.69, 9.17) is 0 Å². The number of sulfonamides is 1. The van der Waals surface area contributed by atoms with Gasteiger partial charge in [0.1, 0.15) is 0 Å². The van der Waals surface area contributed by atoms with E-state index in [1.54, 1.807) is 22.5 Å². The van der Waals surface area contributed by atoms with Gasteiger partial charge in [0.15, 0.2) is 0 Å². The van der Waals surface area contributed by atoms with Gasteiger partial charge in [0, 0.05) is 44.3 Å². The lowest BCUT2D eigenvalue weighted by molar-refractivity contribution is 0.0915. The molecule has 3 fully saturated rings. The van der Waals surface area contributed by atoms with Crippen molar-refractivity contribution in [1.82, 2.24) is 14.5 Å². The number of carbonyl (C=O) groups is 1. The third-order valence-corrected chi connectivity index (χ3v) is 10.0. The topological polar surface area (TPSA) is 69.7 Å². The second-order valence-electron chi connectivity index (χ2n) is 10.3. The lowest BCUT2D eigenvalue weighted by Gasteiger charge is -2.34. The third-order valence-electron chi connectivity index (χ3n) is 8.11. The van der Waals surface area contributed by atoms with Crippen LogP contribution in [0.4, 0.5) is 0 Å². The summed E-state index contributed by atoms with van der Waals surface area (Å²) in [5.74, 6) is 1.92. The van der Waals surface area contributed by atoms with Gasteiger partial charge in [0.2, 0.25) is 10.0 Å². The Labute approximate surface area is 203 Å². The predicted molar refractivity (Wildman–Crippen MR) is 133 cm³/mol. The molecule has 2 bridgehead atoms. The van der Waals surface area contributed by atoms with Gasteiger partial charge >= 0.3 is 0 Å². The first-order valence-corrected chi connectivity index (χ1v) is 14.0. The van der Waals surface area contributed by atoms with Crippen molar-refractivity contribution in [3.05, 3.63) is 65.7 Å². The first kappa shape index (κ1) is 23.5. The summed E-state index contributed by atoms with van der Waals surface area (Å²) in [4.78, 5) is 15.4. The summed E-state index contributed by atoms with van der Waals surface area (Å²) in [6.45, 7) is 5.20. The molecule has 1 saturated heterocycles. The number of nitrogens with zero attached hydrogens (tertiary/aromatic N) is 2. The molecule has 2 aromatic rings. The van der Waals surface area contributed by atoms with Crippen molar-refractivity contribution >= 4 is 15.9 Å². The van der Waals surface area contributed by atoms with Crippen LogP contribution in [0.2, 0.25) is 0 Å². The van der Waals surface area contributed by atoms with Crippen molar-refractivity contribution in [2.24, 2.45) is 17.8 Å². The lowest BCUT2D eigenvalue weighted by Crippen LogP contribution is -2.48. The minimum atomic E-state index is -3.64. The molecule has 2 aliphatic carbocycles. The summed E-state index contributed by atoms with van der Waals surface area (Å²) < 4.78 is 28.2. The minimum Gasteiger partial charge on any atom is -0.349 e. The molecule has 2 saturated carbocycles. The number of carbonyl (C=O) groups excluding carboxylic acids is 1. The van der Waals surface area contributed by atoms with Gasteiger partial charge in [-0.15, -0.1) is 0 Å². The van der Waals surface area contributed by atoms with Crippen molar-refractivity contribution < 1.29 is 13.2 Å². The average Bonchev–Trinajstić information content (AvgIpc) is 3.49. The number of rotatable bonds is 7. The molecule has 5 rings (SSSR count). The first-order chi connectivity index (χ1) is 16.4. The van der Waals surface area contributed by atoms with Gasteiger partial charge in [-0.05, 0) is 67.7 Å². The van der Waals surface area contributed by atoms with E-state index >= 15 is 0 Å². The molecule has 3 aliphatic rings. The smallest absolute Gasteiger partial charge is 0.251 e. The summed E-state index contributed by atoms with van der Waals surface area (Å²) in [5.41, 5.74) is 1.65. The van der Waals surface area contributed by atoms with E-state index in [1.807, 2.05) is 18.2 Å². The molecule has 1 N–H and O–H groups in total. The maximum Gasteiger partial charge on any atom is 0.251 e. The number of hydrogen-bond donors (Lipinski definition) is 1. The van der Waals surface area contributed by atoms with Gasteiger partial charge in [-0.2, -0.15) is 4.31 Å². The van der Waals surface area contributed by atoms with Crippen LogP contribution in [0.3, 0.4) is 0 Å². The van der Waals surface area contributed by atoms with Gasteiger partial charge in [0.05, 0.1) is 4.90 Å². The molecule has 0 spiro atoms. The number of amides is 1. The molecular weight excluding hydrogens is 446 g/mol. The highest BCUT2D eigenvalue weighted by molar-refractivity contribution is 7.89. The molecule has 1 aliphatic heterocycles. The van der Waals surface area contributed by atoms with Gasteiger partial charge < -0.3 is 5.32 Å². The Morgan fingerprint density at radius 1 is 1.00 bits per heavy atom. The molecule has 182 valence electrons. The van der Waals surface area contributed by atoms with Gasteiger partial charge in [0.25, 0.3) is 5.91 Å². The molecule has 4 atom stereocenters. The second kappa shape index (κ2) is 9.80. The summed E-state index contributed by atoms with van der Waals surface area (Å²) >= 11 is 0. The fraction of sp³-hybridized carbons (Fsp3) is 0.519. The highest BCUT2D eigenvalue weighted by atomic mass is 32.2. The molecule has 6 nitrogen and oxygen atoms in total. The van der Waals surface area contributed by atoms with Crippen LogP contribution in [0.15, 0.2) is 59.5 Å². The Kier molecular flexibility index (Phi) is 6.78. The summed E-state index contributed by atoms with van der Waals surface area (Å²) in [5, 5.41) is 3.16. The summed E-state index contributed by atoms with van der Waals surface area (Å²) in [6, 6.07) is 16.9. The number of hydrogen-bond acceptors (Lipinski definition) is 4. The Balaban J connectivity index is 1.20. The number of fused-ring (bicyclic) bond motifs is 2. The van der Waals surface area contributed by atoms with Crippen LogP contribution < -0.4 is 5.32 Å². The highest BCUT2D eigenvalue weighted by Gasteiger charge is 2.42. The fourth-order valence-electron chi connectivity index (χ4n) is 6.22. The zero-order valence-electron chi connectivity index (χ0n) is 19.9. The predicted octanol–water partition coefficient (Wildman–Crippen LogP) is 3.75. The largest absolute Gasteiger partial charge is 0.349 e. The average molecular weight is 482 g/mol. The van der Waals surface area contributed by atoms with Crippen LogP contribution in [0, 0.1) is 17.8 Å². The monoisotopic (exact) mass is 481 g/mol. The van der Waals surface area contributed by atoms with E-state index < -0.39 is 10.0 Å². The Morgan fingerprint density at radius 2 is 1.76 bits per heavy atom. The zero-order valence-corrected chi connectivity index (χ0v) is 20.7. The Bertz CT molecular complexity index is 1110. The van der Waals surface area contributed by atoms with Crippen LogP contribution >= 0.6 is 0 Å². The van der Waals surface area contributed by atoms with Crippen molar-refractivity contribution in [1.29, 1.82) is 0 Å². The maximum atomic E-state index is 13.3. The molecule has 1 amide bonds. The van der Waals surface area contributed by atoms with E-state index in [2.05, 4.69) is 29.3 Å².